The molecule has 2 heterocycles. The Morgan fingerprint density at radius 1 is 0.971 bits per heavy atom. The summed E-state index contributed by atoms with van der Waals surface area (Å²) in [6.45, 7) is 0.711. The number of carbonyl (C=O) groups is 3. The molecule has 4 rings (SSSR count). The molecule has 0 atom stereocenters. The van der Waals surface area contributed by atoms with Crippen molar-refractivity contribution in [2.24, 2.45) is 5.41 Å². The van der Waals surface area contributed by atoms with Gasteiger partial charge in [0.25, 0.3) is 0 Å². The molecule has 9 nitrogen and oxygen atoms in total. The summed E-state index contributed by atoms with van der Waals surface area (Å²) in [5.41, 5.74) is -0.146. The van der Waals surface area contributed by atoms with Gasteiger partial charge in [-0.2, -0.15) is 0 Å². The van der Waals surface area contributed by atoms with E-state index >= 15 is 0 Å². The van der Waals surface area contributed by atoms with Crippen LogP contribution in [0.4, 0.5) is 4.79 Å². The maximum Gasteiger partial charge on any atom is 0.415 e. The molecule has 1 spiro atoms. The fraction of sp³-hybridized carbons (Fsp3) is 0.375. The number of benzene rings is 2. The molecule has 180 valence electrons. The quantitative estimate of drug-likeness (QED) is 0.598. The van der Waals surface area contributed by atoms with E-state index in [1.807, 2.05) is 0 Å². The second kappa shape index (κ2) is 9.09. The maximum atomic E-state index is 13.2. The maximum absolute atomic E-state index is 13.2. The van der Waals surface area contributed by atoms with Crippen molar-refractivity contribution in [3.05, 3.63) is 54.1 Å². The van der Waals surface area contributed by atoms with Crippen LogP contribution in [0.15, 0.2) is 53.4 Å². The van der Waals surface area contributed by atoms with E-state index in [2.05, 4.69) is 0 Å². The van der Waals surface area contributed by atoms with Crippen LogP contribution in [0.2, 0.25) is 0 Å². The summed E-state index contributed by atoms with van der Waals surface area (Å²) in [6.07, 6.45) is 1.48. The Labute approximate surface area is 198 Å². The van der Waals surface area contributed by atoms with Gasteiger partial charge in [0, 0.05) is 25.8 Å². The molecule has 0 bridgehead atoms. The number of piperidine rings is 1. The zero-order valence-corrected chi connectivity index (χ0v) is 19.8. The summed E-state index contributed by atoms with van der Waals surface area (Å²) in [5, 5.41) is 0. The van der Waals surface area contributed by atoms with Crippen molar-refractivity contribution in [2.45, 2.75) is 30.7 Å². The Balaban J connectivity index is 1.37. The molecule has 0 unspecified atom stereocenters. The molecule has 10 heteroatoms. The third kappa shape index (κ3) is 4.77. The molecule has 2 fully saturated rings. The van der Waals surface area contributed by atoms with Gasteiger partial charge in [-0.15, -0.1) is 0 Å². The van der Waals surface area contributed by atoms with Crippen molar-refractivity contribution in [3.63, 3.8) is 0 Å². The van der Waals surface area contributed by atoms with Crippen LogP contribution in [0.5, 0.6) is 11.5 Å². The van der Waals surface area contributed by atoms with Crippen molar-refractivity contribution in [1.82, 2.24) is 9.80 Å². The average molecular weight is 487 g/mol. The summed E-state index contributed by atoms with van der Waals surface area (Å²) >= 11 is 0. The molecule has 0 N–H and O–H groups in total. The SMILES string of the molecule is COc1ccc(OC(=O)N2CCC3(CC2)CC(=O)N(Cc2ccc(S(C)(=O)=O)cc2)C3=O)cc1. The lowest BCUT2D eigenvalue weighted by Gasteiger charge is -2.36. The number of likely N-dealkylation sites (tertiary alicyclic amines) is 2. The first-order valence-electron chi connectivity index (χ1n) is 10.9. The lowest BCUT2D eigenvalue weighted by Crippen LogP contribution is -2.47. The van der Waals surface area contributed by atoms with Crippen molar-refractivity contribution in [2.75, 3.05) is 26.5 Å². The first-order valence-corrected chi connectivity index (χ1v) is 12.8. The van der Waals surface area contributed by atoms with E-state index in [0.29, 0.717) is 43.0 Å². The fourth-order valence-corrected chi connectivity index (χ4v) is 4.99. The summed E-state index contributed by atoms with van der Waals surface area (Å²) < 4.78 is 33.8. The summed E-state index contributed by atoms with van der Waals surface area (Å²) in [4.78, 5) is 41.4. The topological polar surface area (TPSA) is 110 Å². The van der Waals surface area contributed by atoms with Crippen LogP contribution < -0.4 is 9.47 Å². The molecular weight excluding hydrogens is 460 g/mol. The van der Waals surface area contributed by atoms with E-state index in [1.165, 1.54) is 17.0 Å². The third-order valence-electron chi connectivity index (χ3n) is 6.43. The normalized spacial score (nSPS) is 17.8. The van der Waals surface area contributed by atoms with Crippen molar-refractivity contribution >= 4 is 27.7 Å². The van der Waals surface area contributed by atoms with Gasteiger partial charge in [-0.25, -0.2) is 13.2 Å². The number of amides is 3. The fourth-order valence-electron chi connectivity index (χ4n) is 4.36. The largest absolute Gasteiger partial charge is 0.497 e. The highest BCUT2D eigenvalue weighted by atomic mass is 32.2. The number of ether oxygens (including phenoxy) is 2. The van der Waals surface area contributed by atoms with E-state index in [0.717, 1.165) is 6.26 Å². The number of nitrogens with zero attached hydrogens (tertiary/aromatic N) is 2. The molecule has 2 aliphatic rings. The lowest BCUT2D eigenvalue weighted by molar-refractivity contribution is -0.143. The van der Waals surface area contributed by atoms with Gasteiger partial charge in [-0.1, -0.05) is 12.1 Å². The Morgan fingerprint density at radius 3 is 2.12 bits per heavy atom. The van der Waals surface area contributed by atoms with Crippen LogP contribution in [0.1, 0.15) is 24.8 Å². The summed E-state index contributed by atoms with van der Waals surface area (Å²) in [7, 11) is -1.77. The van der Waals surface area contributed by atoms with Gasteiger partial charge in [-0.05, 0) is 54.8 Å². The number of carbonyl (C=O) groups excluding carboxylic acids is 3. The molecule has 0 saturated carbocycles. The second-order valence-electron chi connectivity index (χ2n) is 8.69. The molecule has 0 radical (unpaired) electrons. The monoisotopic (exact) mass is 486 g/mol. The molecule has 2 aromatic rings. The van der Waals surface area contributed by atoms with Gasteiger partial charge in [0.2, 0.25) is 11.8 Å². The number of rotatable bonds is 5. The number of methoxy groups -OCH3 is 1. The summed E-state index contributed by atoms with van der Waals surface area (Å²) in [6, 6.07) is 12.8. The predicted molar refractivity (Wildman–Crippen MR) is 122 cm³/mol. The lowest BCUT2D eigenvalue weighted by atomic mass is 9.77. The molecule has 0 aromatic heterocycles. The van der Waals surface area contributed by atoms with Crippen molar-refractivity contribution < 1.29 is 32.3 Å². The number of imide groups is 1. The number of hydrogen-bond acceptors (Lipinski definition) is 7. The van der Waals surface area contributed by atoms with Gasteiger partial charge in [0.1, 0.15) is 11.5 Å². The van der Waals surface area contributed by atoms with Gasteiger partial charge in [-0.3, -0.25) is 14.5 Å². The number of hydrogen-bond donors (Lipinski definition) is 0. The highest BCUT2D eigenvalue weighted by Gasteiger charge is 2.52. The molecule has 2 aliphatic heterocycles. The second-order valence-corrected chi connectivity index (χ2v) is 10.7. The van der Waals surface area contributed by atoms with Crippen molar-refractivity contribution in [1.29, 1.82) is 0 Å². The third-order valence-corrected chi connectivity index (χ3v) is 7.55. The molecule has 0 aliphatic carbocycles. The van der Waals surface area contributed by atoms with Gasteiger partial charge >= 0.3 is 6.09 Å². The zero-order valence-electron chi connectivity index (χ0n) is 19.0. The van der Waals surface area contributed by atoms with E-state index in [9.17, 15) is 22.8 Å². The smallest absolute Gasteiger partial charge is 0.415 e. The van der Waals surface area contributed by atoms with Crippen molar-refractivity contribution in [3.8, 4) is 11.5 Å². The van der Waals surface area contributed by atoms with Crippen LogP contribution in [0.25, 0.3) is 0 Å². The standard InChI is InChI=1S/C24H26N2O7S/c1-32-18-5-7-19(8-6-18)33-23(29)25-13-11-24(12-14-25)15-21(27)26(22(24)28)16-17-3-9-20(10-4-17)34(2,30)31/h3-10H,11-16H2,1-2H3. The zero-order chi connectivity index (χ0) is 24.5. The van der Waals surface area contributed by atoms with E-state index in [-0.39, 0.29) is 29.7 Å². The van der Waals surface area contributed by atoms with Crippen LogP contribution >= 0.6 is 0 Å². The van der Waals surface area contributed by atoms with Gasteiger partial charge in [0.15, 0.2) is 9.84 Å². The van der Waals surface area contributed by atoms with Gasteiger partial charge < -0.3 is 14.4 Å². The predicted octanol–water partition coefficient (Wildman–Crippen LogP) is 2.64. The van der Waals surface area contributed by atoms with Crippen LogP contribution in [0.3, 0.4) is 0 Å². The highest BCUT2D eigenvalue weighted by molar-refractivity contribution is 7.90. The Morgan fingerprint density at radius 2 is 1.56 bits per heavy atom. The van der Waals surface area contributed by atoms with E-state index < -0.39 is 21.3 Å². The molecule has 3 amide bonds. The Hall–Kier alpha value is -3.40. The molecule has 34 heavy (non-hydrogen) atoms. The molecule has 2 saturated heterocycles. The van der Waals surface area contributed by atoms with E-state index in [4.69, 9.17) is 9.47 Å². The highest BCUT2D eigenvalue weighted by Crippen LogP contribution is 2.43. The van der Waals surface area contributed by atoms with E-state index in [1.54, 1.807) is 48.4 Å². The first kappa shape index (κ1) is 23.7. The van der Waals surface area contributed by atoms with Gasteiger partial charge in [0.05, 0.1) is 24.0 Å². The Bertz CT molecular complexity index is 1200. The van der Waals surface area contributed by atoms with Crippen LogP contribution in [0, 0.1) is 5.41 Å². The average Bonchev–Trinajstić information content (AvgIpc) is 3.03. The number of sulfone groups is 1. The van der Waals surface area contributed by atoms with Crippen LogP contribution in [-0.4, -0.2) is 62.6 Å². The minimum absolute atomic E-state index is 0.0900. The van der Waals surface area contributed by atoms with Crippen LogP contribution in [-0.2, 0) is 26.0 Å². The minimum atomic E-state index is -3.32. The molecule has 2 aromatic carbocycles. The molecular formula is C24H26N2O7S. The Kier molecular flexibility index (Phi) is 6.35. The first-order chi connectivity index (χ1) is 16.1. The minimum Gasteiger partial charge on any atom is -0.497 e. The summed E-state index contributed by atoms with van der Waals surface area (Å²) in [5.74, 6) is 0.547.